The smallest absolute Gasteiger partial charge is 0.237 e. The third kappa shape index (κ3) is 2.79. The second-order valence-corrected chi connectivity index (χ2v) is 6.03. The van der Waals surface area contributed by atoms with Gasteiger partial charge < -0.3 is 15.3 Å². The molecule has 1 aliphatic heterocycles. The van der Waals surface area contributed by atoms with E-state index in [1.165, 1.54) is 0 Å². The Labute approximate surface area is 111 Å². The first-order chi connectivity index (χ1) is 8.40. The Balaban J connectivity index is 2.39. The molecule has 0 atom stereocenters. The molecule has 0 unspecified atom stereocenters. The zero-order valence-corrected chi connectivity index (χ0v) is 11.7. The van der Waals surface area contributed by atoms with Crippen molar-refractivity contribution in [2.24, 2.45) is 0 Å². The quantitative estimate of drug-likeness (QED) is 0.878. The molecule has 0 spiro atoms. The van der Waals surface area contributed by atoms with Gasteiger partial charge in [-0.3, -0.25) is 4.79 Å². The van der Waals surface area contributed by atoms with Crippen LogP contribution in [0.1, 0.15) is 13.8 Å². The summed E-state index contributed by atoms with van der Waals surface area (Å²) < 4.78 is 0. The molecule has 1 aromatic rings. The fourth-order valence-corrected chi connectivity index (χ4v) is 2.83. The van der Waals surface area contributed by atoms with Gasteiger partial charge in [-0.05, 0) is 32.0 Å². The molecule has 5 heteroatoms. The third-order valence-corrected chi connectivity index (χ3v) is 3.78. The number of nitrogens with zero attached hydrogens (tertiary/aromatic N) is 1. The Kier molecular flexibility index (Phi) is 3.54. The molecule has 0 radical (unpaired) electrons. The standard InChI is InChI=1S/C13H18N2O2S/c1-13(2,17)8-15-10-6-9(14-3)4-5-11(10)18-7-12(15)16/h4-6,14,17H,7-8H2,1-3H3. The van der Waals surface area contributed by atoms with Crippen molar-refractivity contribution in [3.05, 3.63) is 18.2 Å². The highest BCUT2D eigenvalue weighted by Gasteiger charge is 2.29. The number of hydrogen-bond acceptors (Lipinski definition) is 4. The molecule has 1 amide bonds. The topological polar surface area (TPSA) is 52.6 Å². The molecule has 98 valence electrons. The number of anilines is 2. The predicted octanol–water partition coefficient (Wildman–Crippen LogP) is 1.94. The lowest BCUT2D eigenvalue weighted by molar-refractivity contribution is -0.117. The van der Waals surface area contributed by atoms with E-state index >= 15 is 0 Å². The highest BCUT2D eigenvalue weighted by atomic mass is 32.2. The minimum absolute atomic E-state index is 0.0443. The summed E-state index contributed by atoms with van der Waals surface area (Å²) in [5, 5.41) is 13.0. The molecule has 0 saturated carbocycles. The number of hydrogen-bond donors (Lipinski definition) is 2. The van der Waals surface area contributed by atoms with Gasteiger partial charge >= 0.3 is 0 Å². The maximum atomic E-state index is 12.0. The molecule has 2 rings (SSSR count). The summed E-state index contributed by atoms with van der Waals surface area (Å²) in [5.74, 6) is 0.477. The Morgan fingerprint density at radius 1 is 1.50 bits per heavy atom. The number of nitrogens with one attached hydrogen (secondary N) is 1. The summed E-state index contributed by atoms with van der Waals surface area (Å²) in [6, 6.07) is 5.95. The van der Waals surface area contributed by atoms with Crippen LogP contribution in [0.2, 0.25) is 0 Å². The normalized spacial score (nSPS) is 15.6. The number of β-amino-alcohol motifs (C(OH)–C–C–N with tert-alkyl or cyclic N) is 1. The van der Waals surface area contributed by atoms with Crippen molar-refractivity contribution in [3.63, 3.8) is 0 Å². The zero-order valence-electron chi connectivity index (χ0n) is 10.9. The number of fused-ring (bicyclic) bond motifs is 1. The van der Waals surface area contributed by atoms with Gasteiger partial charge in [0.25, 0.3) is 0 Å². The van der Waals surface area contributed by atoms with Crippen LogP contribution in [0.15, 0.2) is 23.1 Å². The zero-order chi connectivity index (χ0) is 13.3. The second-order valence-electron chi connectivity index (χ2n) is 5.01. The van der Waals surface area contributed by atoms with Crippen LogP contribution in [-0.4, -0.2) is 36.0 Å². The van der Waals surface area contributed by atoms with Crippen molar-refractivity contribution in [2.45, 2.75) is 24.3 Å². The van der Waals surface area contributed by atoms with Gasteiger partial charge in [-0.25, -0.2) is 0 Å². The van der Waals surface area contributed by atoms with E-state index in [1.807, 2.05) is 25.2 Å². The lowest BCUT2D eigenvalue weighted by Crippen LogP contribution is -2.44. The number of carbonyl (C=O) groups is 1. The average molecular weight is 266 g/mol. The van der Waals surface area contributed by atoms with Gasteiger partial charge in [0.05, 0.1) is 23.6 Å². The number of carbonyl (C=O) groups excluding carboxylic acids is 1. The molecule has 0 aromatic heterocycles. The number of rotatable bonds is 3. The molecule has 2 N–H and O–H groups in total. The van der Waals surface area contributed by atoms with Gasteiger partial charge in [-0.15, -0.1) is 11.8 Å². The maximum Gasteiger partial charge on any atom is 0.237 e. The van der Waals surface area contributed by atoms with Crippen LogP contribution in [0.3, 0.4) is 0 Å². The van der Waals surface area contributed by atoms with Gasteiger partial charge in [0.2, 0.25) is 5.91 Å². The molecule has 1 aliphatic rings. The van der Waals surface area contributed by atoms with Gasteiger partial charge in [-0.2, -0.15) is 0 Å². The summed E-state index contributed by atoms with van der Waals surface area (Å²) in [7, 11) is 1.85. The van der Waals surface area contributed by atoms with Crippen molar-refractivity contribution in [2.75, 3.05) is 29.6 Å². The van der Waals surface area contributed by atoms with Crippen LogP contribution < -0.4 is 10.2 Å². The number of benzene rings is 1. The SMILES string of the molecule is CNc1ccc2c(c1)N(CC(C)(C)O)C(=O)CS2. The highest BCUT2D eigenvalue weighted by molar-refractivity contribution is 8.00. The van der Waals surface area contributed by atoms with Crippen molar-refractivity contribution >= 4 is 29.0 Å². The first-order valence-corrected chi connectivity index (χ1v) is 6.86. The molecule has 0 aliphatic carbocycles. The fourth-order valence-electron chi connectivity index (χ4n) is 1.92. The van der Waals surface area contributed by atoms with E-state index in [1.54, 1.807) is 30.5 Å². The van der Waals surface area contributed by atoms with Gasteiger partial charge in [-0.1, -0.05) is 0 Å². The molecular weight excluding hydrogens is 248 g/mol. The Morgan fingerprint density at radius 3 is 2.83 bits per heavy atom. The molecule has 18 heavy (non-hydrogen) atoms. The van der Waals surface area contributed by atoms with Crippen LogP contribution in [-0.2, 0) is 4.79 Å². The van der Waals surface area contributed by atoms with E-state index in [-0.39, 0.29) is 5.91 Å². The van der Waals surface area contributed by atoms with E-state index in [0.29, 0.717) is 12.3 Å². The predicted molar refractivity (Wildman–Crippen MR) is 75.4 cm³/mol. The Bertz CT molecular complexity index is 469. The van der Waals surface area contributed by atoms with Crippen LogP contribution in [0, 0.1) is 0 Å². The van der Waals surface area contributed by atoms with Crippen LogP contribution in [0.25, 0.3) is 0 Å². The first-order valence-electron chi connectivity index (χ1n) is 5.88. The van der Waals surface area contributed by atoms with Crippen LogP contribution >= 0.6 is 11.8 Å². The summed E-state index contributed by atoms with van der Waals surface area (Å²) >= 11 is 1.55. The van der Waals surface area contributed by atoms with Crippen molar-refractivity contribution in [3.8, 4) is 0 Å². The summed E-state index contributed by atoms with van der Waals surface area (Å²) in [5.41, 5.74) is 0.944. The van der Waals surface area contributed by atoms with E-state index in [2.05, 4.69) is 5.32 Å². The van der Waals surface area contributed by atoms with Crippen LogP contribution in [0.5, 0.6) is 0 Å². The van der Waals surface area contributed by atoms with E-state index in [4.69, 9.17) is 0 Å². The Morgan fingerprint density at radius 2 is 2.22 bits per heavy atom. The third-order valence-electron chi connectivity index (χ3n) is 2.74. The molecular formula is C13H18N2O2S. The monoisotopic (exact) mass is 266 g/mol. The number of aliphatic hydroxyl groups is 1. The molecule has 0 fully saturated rings. The van der Waals surface area contributed by atoms with E-state index in [0.717, 1.165) is 16.3 Å². The van der Waals surface area contributed by atoms with E-state index in [9.17, 15) is 9.90 Å². The average Bonchev–Trinajstić information content (AvgIpc) is 2.31. The van der Waals surface area contributed by atoms with Gasteiger partial charge in [0, 0.05) is 17.6 Å². The van der Waals surface area contributed by atoms with Gasteiger partial charge in [0.15, 0.2) is 0 Å². The molecule has 1 aromatic carbocycles. The highest BCUT2D eigenvalue weighted by Crippen LogP contribution is 2.37. The fraction of sp³-hybridized carbons (Fsp3) is 0.462. The molecule has 4 nitrogen and oxygen atoms in total. The molecule has 0 bridgehead atoms. The lowest BCUT2D eigenvalue weighted by atomic mass is 10.1. The molecule has 1 heterocycles. The first kappa shape index (κ1) is 13.2. The maximum absolute atomic E-state index is 12.0. The minimum atomic E-state index is -0.898. The van der Waals surface area contributed by atoms with Crippen molar-refractivity contribution < 1.29 is 9.90 Å². The van der Waals surface area contributed by atoms with Gasteiger partial charge in [0.1, 0.15) is 0 Å². The summed E-state index contributed by atoms with van der Waals surface area (Å²) in [4.78, 5) is 14.8. The van der Waals surface area contributed by atoms with Crippen molar-refractivity contribution in [1.29, 1.82) is 0 Å². The lowest BCUT2D eigenvalue weighted by Gasteiger charge is -2.33. The van der Waals surface area contributed by atoms with E-state index < -0.39 is 5.60 Å². The van der Waals surface area contributed by atoms with Crippen molar-refractivity contribution in [1.82, 2.24) is 0 Å². The number of thioether (sulfide) groups is 1. The number of amides is 1. The summed E-state index contributed by atoms with van der Waals surface area (Å²) in [6.07, 6.45) is 0. The largest absolute Gasteiger partial charge is 0.389 e. The second kappa shape index (κ2) is 4.82. The molecule has 0 saturated heterocycles. The minimum Gasteiger partial charge on any atom is -0.389 e. The van der Waals surface area contributed by atoms with Crippen LogP contribution in [0.4, 0.5) is 11.4 Å². The summed E-state index contributed by atoms with van der Waals surface area (Å²) in [6.45, 7) is 3.74. The Hall–Kier alpha value is -1.20.